The Labute approximate surface area is 120 Å². The fraction of sp³-hybridized carbons (Fsp3) is 0.643. The Hall–Kier alpha value is -1.69. The lowest BCUT2D eigenvalue weighted by atomic mass is 10.1. The first kappa shape index (κ1) is 14.7. The lowest BCUT2D eigenvalue weighted by Crippen LogP contribution is -2.44. The van der Waals surface area contributed by atoms with Gasteiger partial charge in [0.15, 0.2) is 0 Å². The summed E-state index contributed by atoms with van der Waals surface area (Å²) in [5, 5.41) is 3.45. The first-order chi connectivity index (χ1) is 9.54. The number of anilines is 1. The summed E-state index contributed by atoms with van der Waals surface area (Å²) in [4.78, 5) is 24.0. The summed E-state index contributed by atoms with van der Waals surface area (Å²) in [5.74, 6) is 1.84. The summed E-state index contributed by atoms with van der Waals surface area (Å²) in [6.07, 6.45) is 3.84. The molecular weight excluding hydrogens is 254 g/mol. The lowest BCUT2D eigenvalue weighted by molar-refractivity contribution is -0.130. The molecule has 6 nitrogen and oxygen atoms in total. The maximum Gasteiger partial charge on any atom is 0.236 e. The van der Waals surface area contributed by atoms with Gasteiger partial charge in [0, 0.05) is 39.4 Å². The van der Waals surface area contributed by atoms with Gasteiger partial charge in [-0.15, -0.1) is 0 Å². The summed E-state index contributed by atoms with van der Waals surface area (Å²) in [5.41, 5.74) is 0. The molecule has 0 atom stereocenters. The molecule has 0 aromatic carbocycles. The van der Waals surface area contributed by atoms with Crippen molar-refractivity contribution in [2.75, 3.05) is 39.0 Å². The van der Waals surface area contributed by atoms with Gasteiger partial charge in [0.25, 0.3) is 0 Å². The summed E-state index contributed by atoms with van der Waals surface area (Å²) >= 11 is 0. The molecule has 1 aromatic heterocycles. The van der Waals surface area contributed by atoms with E-state index in [-0.39, 0.29) is 5.91 Å². The summed E-state index contributed by atoms with van der Waals surface area (Å²) in [6.45, 7) is 4.30. The number of rotatable bonds is 4. The van der Waals surface area contributed by atoms with E-state index in [0.29, 0.717) is 12.6 Å². The number of aromatic nitrogens is 2. The molecule has 2 rings (SSSR count). The number of likely N-dealkylation sites (tertiary alicyclic amines) is 1. The zero-order chi connectivity index (χ0) is 14.5. The van der Waals surface area contributed by atoms with Gasteiger partial charge in [-0.05, 0) is 25.8 Å². The molecular formula is C14H23N5O. The number of amides is 1. The first-order valence-electron chi connectivity index (χ1n) is 7.03. The van der Waals surface area contributed by atoms with Gasteiger partial charge in [0.1, 0.15) is 11.6 Å². The van der Waals surface area contributed by atoms with E-state index in [0.717, 1.165) is 37.6 Å². The second kappa shape index (κ2) is 6.65. The van der Waals surface area contributed by atoms with Crippen LogP contribution in [0.3, 0.4) is 0 Å². The fourth-order valence-electron chi connectivity index (χ4n) is 2.31. The molecule has 1 aliphatic rings. The van der Waals surface area contributed by atoms with E-state index >= 15 is 0 Å². The van der Waals surface area contributed by atoms with Crippen molar-refractivity contribution in [2.24, 2.45) is 0 Å². The summed E-state index contributed by atoms with van der Waals surface area (Å²) < 4.78 is 0. The molecule has 1 fully saturated rings. The third-order valence-electron chi connectivity index (χ3n) is 3.57. The van der Waals surface area contributed by atoms with E-state index < -0.39 is 0 Å². The van der Waals surface area contributed by atoms with Crippen LogP contribution in [0.5, 0.6) is 0 Å². The highest BCUT2D eigenvalue weighted by Gasteiger charge is 2.21. The third-order valence-corrected chi connectivity index (χ3v) is 3.57. The Bertz CT molecular complexity index is 455. The van der Waals surface area contributed by atoms with Crippen molar-refractivity contribution >= 4 is 11.7 Å². The molecule has 0 radical (unpaired) electrons. The van der Waals surface area contributed by atoms with Crippen LogP contribution in [0, 0.1) is 6.92 Å². The molecule has 1 saturated heterocycles. The number of piperidine rings is 1. The fourth-order valence-corrected chi connectivity index (χ4v) is 2.31. The molecule has 1 amide bonds. The highest BCUT2D eigenvalue weighted by molar-refractivity contribution is 5.77. The third kappa shape index (κ3) is 4.16. The van der Waals surface area contributed by atoms with Crippen LogP contribution >= 0.6 is 0 Å². The Morgan fingerprint density at radius 1 is 1.45 bits per heavy atom. The summed E-state index contributed by atoms with van der Waals surface area (Å²) in [6, 6.07) is 2.32. The van der Waals surface area contributed by atoms with E-state index in [2.05, 4.69) is 20.2 Å². The van der Waals surface area contributed by atoms with Crippen LogP contribution in [0.25, 0.3) is 0 Å². The van der Waals surface area contributed by atoms with Crippen LogP contribution in [-0.2, 0) is 4.79 Å². The Balaban J connectivity index is 1.78. The minimum absolute atomic E-state index is 0.169. The van der Waals surface area contributed by atoms with Gasteiger partial charge in [-0.2, -0.15) is 0 Å². The van der Waals surface area contributed by atoms with Gasteiger partial charge < -0.3 is 10.2 Å². The van der Waals surface area contributed by atoms with Crippen LogP contribution < -0.4 is 5.32 Å². The van der Waals surface area contributed by atoms with Crippen molar-refractivity contribution in [1.82, 2.24) is 19.8 Å². The van der Waals surface area contributed by atoms with Gasteiger partial charge in [0.2, 0.25) is 5.91 Å². The first-order valence-corrected chi connectivity index (χ1v) is 7.03. The maximum atomic E-state index is 11.7. The van der Waals surface area contributed by atoms with Crippen molar-refractivity contribution in [3.63, 3.8) is 0 Å². The number of hydrogen-bond acceptors (Lipinski definition) is 5. The number of carbonyl (C=O) groups excluding carboxylic acids is 1. The van der Waals surface area contributed by atoms with E-state index in [1.54, 1.807) is 25.2 Å². The number of nitrogens with one attached hydrogen (secondary N) is 1. The number of nitrogens with zero attached hydrogens (tertiary/aromatic N) is 4. The van der Waals surface area contributed by atoms with Crippen LogP contribution in [0.4, 0.5) is 5.82 Å². The van der Waals surface area contributed by atoms with E-state index in [4.69, 9.17) is 0 Å². The Morgan fingerprint density at radius 3 is 2.75 bits per heavy atom. The van der Waals surface area contributed by atoms with Gasteiger partial charge >= 0.3 is 0 Å². The second-order valence-electron chi connectivity index (χ2n) is 5.47. The van der Waals surface area contributed by atoms with Gasteiger partial charge in [0.05, 0.1) is 6.54 Å². The molecule has 0 unspecified atom stereocenters. The number of likely N-dealkylation sites (N-methyl/N-ethyl adjacent to an activating group) is 1. The van der Waals surface area contributed by atoms with E-state index in [1.165, 1.54) is 0 Å². The zero-order valence-electron chi connectivity index (χ0n) is 12.5. The van der Waals surface area contributed by atoms with Crippen molar-refractivity contribution in [3.8, 4) is 0 Å². The van der Waals surface area contributed by atoms with Crippen molar-refractivity contribution in [1.29, 1.82) is 0 Å². The quantitative estimate of drug-likeness (QED) is 0.880. The van der Waals surface area contributed by atoms with Crippen LogP contribution in [0.15, 0.2) is 12.3 Å². The van der Waals surface area contributed by atoms with Crippen molar-refractivity contribution in [2.45, 2.75) is 25.8 Å². The van der Waals surface area contributed by atoms with Crippen molar-refractivity contribution < 1.29 is 4.79 Å². The number of hydrogen-bond donors (Lipinski definition) is 1. The average Bonchev–Trinajstić information content (AvgIpc) is 2.41. The molecule has 20 heavy (non-hydrogen) atoms. The predicted molar refractivity (Wildman–Crippen MR) is 78.5 cm³/mol. The topological polar surface area (TPSA) is 61.4 Å². The molecule has 0 bridgehead atoms. The second-order valence-corrected chi connectivity index (χ2v) is 5.47. The molecule has 1 aromatic rings. The highest BCUT2D eigenvalue weighted by Crippen LogP contribution is 2.15. The number of carbonyl (C=O) groups is 1. The van der Waals surface area contributed by atoms with Crippen LogP contribution in [0.2, 0.25) is 0 Å². The highest BCUT2D eigenvalue weighted by atomic mass is 16.2. The SMILES string of the molecule is Cc1nccc(NC2CCN(CC(=O)N(C)C)CC2)n1. The normalized spacial score (nSPS) is 16.9. The molecule has 0 aliphatic carbocycles. The van der Waals surface area contributed by atoms with Crippen LogP contribution in [0.1, 0.15) is 18.7 Å². The van der Waals surface area contributed by atoms with Crippen LogP contribution in [-0.4, -0.2) is 65.4 Å². The van der Waals surface area contributed by atoms with Gasteiger partial charge in [-0.1, -0.05) is 0 Å². The molecule has 1 aliphatic heterocycles. The standard InChI is InChI=1S/C14H23N5O/c1-11-15-7-4-13(16-11)17-12-5-8-19(9-6-12)10-14(20)18(2)3/h4,7,12H,5-6,8-10H2,1-3H3,(H,15,16,17). The molecule has 6 heteroatoms. The van der Waals surface area contributed by atoms with E-state index in [9.17, 15) is 4.79 Å². The molecule has 110 valence electrons. The average molecular weight is 277 g/mol. The molecule has 2 heterocycles. The monoisotopic (exact) mass is 277 g/mol. The molecule has 0 saturated carbocycles. The van der Waals surface area contributed by atoms with E-state index in [1.807, 2.05) is 13.0 Å². The molecule has 0 spiro atoms. The Kier molecular flexibility index (Phi) is 4.89. The van der Waals surface area contributed by atoms with Gasteiger partial charge in [-0.25, -0.2) is 9.97 Å². The minimum atomic E-state index is 0.169. The smallest absolute Gasteiger partial charge is 0.236 e. The maximum absolute atomic E-state index is 11.7. The number of aryl methyl sites for hydroxylation is 1. The van der Waals surface area contributed by atoms with Crippen molar-refractivity contribution in [3.05, 3.63) is 18.1 Å². The molecule has 1 N–H and O–H groups in total. The lowest BCUT2D eigenvalue weighted by Gasteiger charge is -2.32. The largest absolute Gasteiger partial charge is 0.367 e. The van der Waals surface area contributed by atoms with Gasteiger partial charge in [-0.3, -0.25) is 9.69 Å². The Morgan fingerprint density at radius 2 is 2.15 bits per heavy atom. The minimum Gasteiger partial charge on any atom is -0.367 e. The summed E-state index contributed by atoms with van der Waals surface area (Å²) in [7, 11) is 3.60. The predicted octanol–water partition coefficient (Wildman–Crippen LogP) is 0.750. The zero-order valence-corrected chi connectivity index (χ0v) is 12.5.